The molecule has 2 atom stereocenters. The zero-order chi connectivity index (χ0) is 26.1. The van der Waals surface area contributed by atoms with E-state index >= 15 is 4.39 Å². The summed E-state index contributed by atoms with van der Waals surface area (Å²) in [7, 11) is 1.35. The molecule has 1 heterocycles. The Balaban J connectivity index is 1.84. The molecular formula is C25H24F3N5O3. The molecule has 0 fully saturated rings. The van der Waals surface area contributed by atoms with Crippen molar-refractivity contribution >= 4 is 17.6 Å². The molecule has 3 rings (SSSR count). The Morgan fingerprint density at radius 3 is 2.47 bits per heavy atom. The van der Waals surface area contributed by atoms with Gasteiger partial charge in [0, 0.05) is 25.9 Å². The van der Waals surface area contributed by atoms with E-state index in [4.69, 9.17) is 4.74 Å². The lowest BCUT2D eigenvalue weighted by molar-refractivity contribution is 0.0211. The van der Waals surface area contributed by atoms with E-state index in [0.717, 1.165) is 6.07 Å². The van der Waals surface area contributed by atoms with Crippen LogP contribution in [0.1, 0.15) is 27.3 Å². The van der Waals surface area contributed by atoms with Gasteiger partial charge in [0.1, 0.15) is 23.6 Å². The summed E-state index contributed by atoms with van der Waals surface area (Å²) < 4.78 is 48.0. The maximum Gasteiger partial charge on any atom is 0.252 e. The number of carbonyl (C=O) groups is 1. The van der Waals surface area contributed by atoms with E-state index in [9.17, 15) is 18.7 Å². The second kappa shape index (κ2) is 12.6. The van der Waals surface area contributed by atoms with E-state index in [1.807, 2.05) is 0 Å². The number of hydrogen-bond acceptors (Lipinski definition) is 7. The summed E-state index contributed by atoms with van der Waals surface area (Å²) in [4.78, 5) is 21.3. The summed E-state index contributed by atoms with van der Waals surface area (Å²) in [5, 5.41) is 15.8. The summed E-state index contributed by atoms with van der Waals surface area (Å²) in [5.74, 6) is -3.25. The van der Waals surface area contributed by atoms with Gasteiger partial charge in [0.25, 0.3) is 5.91 Å². The van der Waals surface area contributed by atoms with E-state index < -0.39 is 47.8 Å². The van der Waals surface area contributed by atoms with Crippen LogP contribution < -0.4 is 10.7 Å². The first-order chi connectivity index (χ1) is 17.3. The fourth-order valence-electron chi connectivity index (χ4n) is 3.33. The average molecular weight is 499 g/mol. The standard InChI is InChI=1S/C25H24F3N5O3/c1-15(16-7-9-17(26)10-8-16)32-33-24(28)23-18(5-3-6-19(23)27)25(35)31-20(21(14-34)36-2)13-22-29-11-4-12-30-22/h3-12,20-21,32,34H,1,13-14H2,2H3,(H,31,35)/b33-24-/t20-,21+/m1/s1. The summed E-state index contributed by atoms with van der Waals surface area (Å²) in [5.41, 5.74) is 1.89. The Morgan fingerprint density at radius 1 is 1.14 bits per heavy atom. The van der Waals surface area contributed by atoms with Gasteiger partial charge < -0.3 is 15.2 Å². The van der Waals surface area contributed by atoms with E-state index in [1.165, 1.54) is 55.9 Å². The van der Waals surface area contributed by atoms with Crippen LogP contribution in [0.15, 0.2) is 72.6 Å². The molecule has 3 N–H and O–H groups in total. The predicted octanol–water partition coefficient (Wildman–Crippen LogP) is 2.99. The molecular weight excluding hydrogens is 475 g/mol. The molecule has 3 aromatic rings. The van der Waals surface area contributed by atoms with Gasteiger partial charge in [0.2, 0.25) is 5.97 Å². The number of nitrogens with one attached hydrogen (secondary N) is 2. The molecule has 0 unspecified atom stereocenters. The van der Waals surface area contributed by atoms with Crippen molar-refractivity contribution in [2.45, 2.75) is 18.6 Å². The Kier molecular flexibility index (Phi) is 9.25. The largest absolute Gasteiger partial charge is 0.394 e. The maximum atomic E-state index is 15.0. The van der Waals surface area contributed by atoms with Crippen molar-refractivity contribution in [3.05, 3.63) is 102 Å². The molecule has 2 aromatic carbocycles. The van der Waals surface area contributed by atoms with Gasteiger partial charge in [-0.05, 0) is 48.0 Å². The third-order valence-corrected chi connectivity index (χ3v) is 5.22. The van der Waals surface area contributed by atoms with E-state index in [2.05, 4.69) is 32.4 Å². The fourth-order valence-corrected chi connectivity index (χ4v) is 3.33. The Hall–Kier alpha value is -4.09. The molecule has 0 aliphatic carbocycles. The number of hydrazone groups is 1. The highest BCUT2D eigenvalue weighted by Crippen LogP contribution is 2.18. The first-order valence-corrected chi connectivity index (χ1v) is 10.8. The second-order valence-electron chi connectivity index (χ2n) is 7.57. The summed E-state index contributed by atoms with van der Waals surface area (Å²) in [6.45, 7) is 3.25. The number of halogens is 3. The highest BCUT2D eigenvalue weighted by Gasteiger charge is 2.27. The molecule has 0 spiro atoms. The molecule has 0 bridgehead atoms. The maximum absolute atomic E-state index is 15.0. The van der Waals surface area contributed by atoms with Crippen molar-refractivity contribution in [2.75, 3.05) is 13.7 Å². The van der Waals surface area contributed by atoms with Gasteiger partial charge in [-0.25, -0.2) is 18.7 Å². The Bertz CT molecular complexity index is 1220. The second-order valence-corrected chi connectivity index (χ2v) is 7.57. The van der Waals surface area contributed by atoms with Gasteiger partial charge in [-0.2, -0.15) is 4.39 Å². The Morgan fingerprint density at radius 2 is 1.83 bits per heavy atom. The highest BCUT2D eigenvalue weighted by atomic mass is 19.1. The number of aliphatic hydroxyl groups is 1. The number of hydrogen-bond donors (Lipinski definition) is 3. The molecule has 36 heavy (non-hydrogen) atoms. The number of methoxy groups -OCH3 is 1. The molecule has 0 saturated carbocycles. The van der Waals surface area contributed by atoms with Crippen molar-refractivity contribution < 1.29 is 27.8 Å². The van der Waals surface area contributed by atoms with Gasteiger partial charge in [0.15, 0.2) is 0 Å². The van der Waals surface area contributed by atoms with Crippen LogP contribution >= 0.6 is 0 Å². The molecule has 1 amide bonds. The van der Waals surface area contributed by atoms with Crippen molar-refractivity contribution in [1.29, 1.82) is 0 Å². The summed E-state index contributed by atoms with van der Waals surface area (Å²) in [6.07, 6.45) is 2.29. The highest BCUT2D eigenvalue weighted by molar-refractivity contribution is 6.07. The smallest absolute Gasteiger partial charge is 0.252 e. The Labute approximate surface area is 205 Å². The monoisotopic (exact) mass is 499 g/mol. The number of aliphatic hydroxyl groups excluding tert-OH is 1. The third kappa shape index (κ3) is 6.74. The van der Waals surface area contributed by atoms with Crippen molar-refractivity contribution in [1.82, 2.24) is 20.7 Å². The molecule has 8 nitrogen and oxygen atoms in total. The van der Waals surface area contributed by atoms with Crippen LogP contribution in [0.4, 0.5) is 13.2 Å². The molecule has 1 aromatic heterocycles. The molecule has 0 radical (unpaired) electrons. The first kappa shape index (κ1) is 26.5. The number of benzene rings is 2. The van der Waals surface area contributed by atoms with Crippen LogP contribution in [0.3, 0.4) is 0 Å². The van der Waals surface area contributed by atoms with Crippen molar-refractivity contribution in [3.63, 3.8) is 0 Å². The van der Waals surface area contributed by atoms with Crippen LogP contribution in [-0.4, -0.2) is 52.8 Å². The van der Waals surface area contributed by atoms with Crippen LogP contribution in [-0.2, 0) is 11.2 Å². The van der Waals surface area contributed by atoms with Gasteiger partial charge in [0.05, 0.1) is 29.5 Å². The van der Waals surface area contributed by atoms with Crippen LogP contribution in [0, 0.1) is 11.6 Å². The van der Waals surface area contributed by atoms with Crippen molar-refractivity contribution in [3.8, 4) is 0 Å². The van der Waals surface area contributed by atoms with Crippen molar-refractivity contribution in [2.24, 2.45) is 5.10 Å². The van der Waals surface area contributed by atoms with E-state index in [0.29, 0.717) is 11.4 Å². The first-order valence-electron chi connectivity index (χ1n) is 10.8. The van der Waals surface area contributed by atoms with Crippen LogP contribution in [0.2, 0.25) is 0 Å². The lowest BCUT2D eigenvalue weighted by atomic mass is 10.0. The lowest BCUT2D eigenvalue weighted by Gasteiger charge is -2.25. The van der Waals surface area contributed by atoms with E-state index in [-0.39, 0.29) is 17.7 Å². The summed E-state index contributed by atoms with van der Waals surface area (Å²) in [6, 6.07) is 9.47. The molecule has 0 aliphatic rings. The van der Waals surface area contributed by atoms with Gasteiger partial charge in [-0.1, -0.05) is 12.6 Å². The fraction of sp³-hybridized carbons (Fsp3) is 0.200. The van der Waals surface area contributed by atoms with Gasteiger partial charge >= 0.3 is 0 Å². The number of amides is 1. The SMILES string of the molecule is C=C(N/N=C(\F)c1c(F)cccc1C(=O)N[C@H](Cc1ncccn1)[C@H](CO)OC)c1ccc(F)cc1. The quantitative estimate of drug-likeness (QED) is 0.277. The third-order valence-electron chi connectivity index (χ3n) is 5.22. The number of ether oxygens (including phenoxy) is 1. The van der Waals surface area contributed by atoms with Gasteiger partial charge in [-0.15, -0.1) is 5.10 Å². The minimum atomic E-state index is -1.31. The number of nitrogens with zero attached hydrogens (tertiary/aromatic N) is 3. The zero-order valence-corrected chi connectivity index (χ0v) is 19.3. The number of aromatic nitrogens is 2. The summed E-state index contributed by atoms with van der Waals surface area (Å²) >= 11 is 0. The molecule has 0 aliphatic heterocycles. The predicted molar refractivity (Wildman–Crippen MR) is 127 cm³/mol. The normalized spacial score (nSPS) is 13.1. The minimum Gasteiger partial charge on any atom is -0.394 e. The topological polar surface area (TPSA) is 109 Å². The average Bonchev–Trinajstić information content (AvgIpc) is 2.88. The minimum absolute atomic E-state index is 0.0892. The lowest BCUT2D eigenvalue weighted by Crippen LogP contribution is -2.47. The molecule has 0 saturated heterocycles. The zero-order valence-electron chi connectivity index (χ0n) is 19.3. The number of rotatable bonds is 11. The van der Waals surface area contributed by atoms with Crippen LogP contribution in [0.25, 0.3) is 5.70 Å². The van der Waals surface area contributed by atoms with Crippen LogP contribution in [0.5, 0.6) is 0 Å². The molecule has 11 heteroatoms. The van der Waals surface area contributed by atoms with E-state index in [1.54, 1.807) is 6.07 Å². The van der Waals surface area contributed by atoms with Gasteiger partial charge in [-0.3, -0.25) is 10.2 Å². The number of carbonyl (C=O) groups excluding carboxylic acids is 1. The molecule has 188 valence electrons.